The maximum atomic E-state index is 14.6. The molecular formula is C29H37N3O5. The fourth-order valence-electron chi connectivity index (χ4n) is 7.06. The molecule has 1 unspecified atom stereocenters. The molecule has 4 aliphatic rings. The van der Waals surface area contributed by atoms with Crippen molar-refractivity contribution in [3.05, 3.63) is 53.6 Å². The Kier molecular flexibility index (Phi) is 6.31. The highest BCUT2D eigenvalue weighted by Crippen LogP contribution is 2.59. The molecule has 0 bridgehead atoms. The molecule has 6 atom stereocenters. The summed E-state index contributed by atoms with van der Waals surface area (Å²) >= 11 is 0. The Morgan fingerprint density at radius 3 is 2.30 bits per heavy atom. The Bertz CT molecular complexity index is 1170. The number of likely N-dealkylation sites (tertiary alicyclic amines) is 1. The summed E-state index contributed by atoms with van der Waals surface area (Å²) in [6.45, 7) is 8.27. The Labute approximate surface area is 218 Å². The van der Waals surface area contributed by atoms with E-state index in [1.54, 1.807) is 16.8 Å². The van der Waals surface area contributed by atoms with Gasteiger partial charge in [0.1, 0.15) is 11.6 Å². The first-order valence-corrected chi connectivity index (χ1v) is 13.3. The van der Waals surface area contributed by atoms with E-state index in [1.807, 2.05) is 70.2 Å². The van der Waals surface area contributed by atoms with Crippen molar-refractivity contribution >= 4 is 23.4 Å². The third kappa shape index (κ3) is 3.45. The number of aliphatic hydroxyl groups excluding tert-OH is 1. The van der Waals surface area contributed by atoms with Crippen LogP contribution in [0.1, 0.15) is 37.8 Å². The van der Waals surface area contributed by atoms with E-state index in [2.05, 4.69) is 0 Å². The van der Waals surface area contributed by atoms with Crippen molar-refractivity contribution in [1.29, 1.82) is 0 Å². The molecule has 4 aliphatic heterocycles. The molecule has 1 spiro atoms. The molecule has 5 rings (SSSR count). The fraction of sp³-hybridized carbons (Fsp3) is 0.552. The Balaban J connectivity index is 1.73. The SMILES string of the molecule is CC[C@@H](CO)N1C(=O)[C@@H]2[C@H]3C(=O)N(C)CC=C[C@@]3(CC)O[C@@]23C=CCN(c2c(C)cccc2C)C(=O)C13. The van der Waals surface area contributed by atoms with E-state index >= 15 is 0 Å². The summed E-state index contributed by atoms with van der Waals surface area (Å²) in [5.74, 6) is -2.34. The summed E-state index contributed by atoms with van der Waals surface area (Å²) in [7, 11) is 1.73. The molecule has 8 heteroatoms. The molecule has 2 fully saturated rings. The number of aryl methyl sites for hydroxylation is 2. The van der Waals surface area contributed by atoms with Crippen molar-refractivity contribution in [2.75, 3.05) is 31.6 Å². The number of fused-ring (bicyclic) bond motifs is 2. The van der Waals surface area contributed by atoms with E-state index in [4.69, 9.17) is 4.74 Å². The molecule has 0 aliphatic carbocycles. The van der Waals surface area contributed by atoms with Crippen molar-refractivity contribution in [2.24, 2.45) is 11.8 Å². The van der Waals surface area contributed by atoms with Crippen LogP contribution in [0.5, 0.6) is 0 Å². The Morgan fingerprint density at radius 1 is 1.00 bits per heavy atom. The molecule has 0 radical (unpaired) electrons. The molecule has 3 amide bonds. The summed E-state index contributed by atoms with van der Waals surface area (Å²) in [4.78, 5) is 47.6. The lowest BCUT2D eigenvalue weighted by atomic mass is 9.73. The Hall–Kier alpha value is -2.97. The predicted molar refractivity (Wildman–Crippen MR) is 140 cm³/mol. The molecule has 198 valence electrons. The first-order valence-electron chi connectivity index (χ1n) is 13.3. The van der Waals surface area contributed by atoms with Gasteiger partial charge in [-0.2, -0.15) is 0 Å². The number of likely N-dealkylation sites (N-methyl/N-ethyl adjacent to an activating group) is 1. The standard InChI is InChI=1S/C29H37N3O5/c1-6-20(17-33)32-24-27(36)31(23-18(3)11-8-12-19(23)4)16-10-14-29(24)22(26(32)35)21-25(34)30(5)15-9-13-28(21,7-2)37-29/h8-14,20-22,24,33H,6-7,15-17H2,1-5H3/t20-,21-,22-,24?,28+,29-/m0/s1. The number of hydrogen-bond donors (Lipinski definition) is 1. The largest absolute Gasteiger partial charge is 0.394 e. The van der Waals surface area contributed by atoms with Crippen LogP contribution in [0.3, 0.4) is 0 Å². The molecule has 1 aromatic rings. The maximum absolute atomic E-state index is 14.6. The van der Waals surface area contributed by atoms with E-state index in [-0.39, 0.29) is 24.3 Å². The van der Waals surface area contributed by atoms with E-state index in [0.29, 0.717) is 25.9 Å². The van der Waals surface area contributed by atoms with Crippen LogP contribution in [0.25, 0.3) is 0 Å². The van der Waals surface area contributed by atoms with Gasteiger partial charge < -0.3 is 24.5 Å². The number of benzene rings is 1. The van der Waals surface area contributed by atoms with Crippen LogP contribution < -0.4 is 4.90 Å². The number of carbonyl (C=O) groups is 3. The zero-order chi connectivity index (χ0) is 26.7. The fourth-order valence-corrected chi connectivity index (χ4v) is 7.06. The van der Waals surface area contributed by atoms with Gasteiger partial charge in [-0.25, -0.2) is 0 Å². The third-order valence-electron chi connectivity index (χ3n) is 8.86. The molecule has 4 heterocycles. The van der Waals surface area contributed by atoms with Crippen LogP contribution in [0.15, 0.2) is 42.5 Å². The molecule has 0 aromatic heterocycles. The van der Waals surface area contributed by atoms with Gasteiger partial charge in [0.25, 0.3) is 5.91 Å². The summed E-state index contributed by atoms with van der Waals surface area (Å²) in [6.07, 6.45) is 8.58. The number of amides is 3. The zero-order valence-corrected chi connectivity index (χ0v) is 22.3. The first-order chi connectivity index (χ1) is 17.7. The van der Waals surface area contributed by atoms with E-state index < -0.39 is 35.1 Å². The second kappa shape index (κ2) is 9.10. The van der Waals surface area contributed by atoms with Crippen LogP contribution in [0, 0.1) is 25.7 Å². The summed E-state index contributed by atoms with van der Waals surface area (Å²) < 4.78 is 6.94. The van der Waals surface area contributed by atoms with Crippen molar-refractivity contribution in [2.45, 2.75) is 63.8 Å². The number of carbonyl (C=O) groups excluding carboxylic acids is 3. The second-order valence-electron chi connectivity index (χ2n) is 10.8. The number of ether oxygens (including phenoxy) is 1. The smallest absolute Gasteiger partial charge is 0.253 e. The second-order valence-corrected chi connectivity index (χ2v) is 10.8. The van der Waals surface area contributed by atoms with Gasteiger partial charge in [0.05, 0.1) is 30.1 Å². The Morgan fingerprint density at radius 2 is 1.68 bits per heavy atom. The van der Waals surface area contributed by atoms with Gasteiger partial charge in [-0.1, -0.05) is 56.4 Å². The van der Waals surface area contributed by atoms with Crippen molar-refractivity contribution in [1.82, 2.24) is 9.80 Å². The number of para-hydroxylation sites is 1. The number of aliphatic hydroxyl groups is 1. The number of anilines is 1. The lowest BCUT2D eigenvalue weighted by Crippen LogP contribution is -2.59. The third-order valence-corrected chi connectivity index (χ3v) is 8.86. The molecule has 1 N–H and O–H groups in total. The quantitative estimate of drug-likeness (QED) is 0.618. The maximum Gasteiger partial charge on any atom is 0.253 e. The lowest BCUT2D eigenvalue weighted by molar-refractivity contribution is -0.152. The predicted octanol–water partition coefficient (Wildman–Crippen LogP) is 2.37. The lowest BCUT2D eigenvalue weighted by Gasteiger charge is -2.41. The average molecular weight is 508 g/mol. The van der Waals surface area contributed by atoms with Gasteiger partial charge >= 0.3 is 0 Å². The average Bonchev–Trinajstić information content (AvgIpc) is 3.18. The van der Waals surface area contributed by atoms with Gasteiger partial charge in [-0.3, -0.25) is 14.4 Å². The summed E-state index contributed by atoms with van der Waals surface area (Å²) in [6, 6.07) is 4.34. The molecule has 0 saturated carbocycles. The monoisotopic (exact) mass is 507 g/mol. The van der Waals surface area contributed by atoms with Gasteiger partial charge in [-0.15, -0.1) is 0 Å². The van der Waals surface area contributed by atoms with Gasteiger partial charge in [0.2, 0.25) is 11.8 Å². The van der Waals surface area contributed by atoms with Gasteiger partial charge in [0, 0.05) is 25.8 Å². The molecule has 2 saturated heterocycles. The molecular weight excluding hydrogens is 470 g/mol. The highest BCUT2D eigenvalue weighted by atomic mass is 16.5. The normalized spacial score (nSPS) is 33.8. The number of hydrogen-bond acceptors (Lipinski definition) is 5. The van der Waals surface area contributed by atoms with Crippen LogP contribution in [0.2, 0.25) is 0 Å². The van der Waals surface area contributed by atoms with Crippen LogP contribution in [-0.2, 0) is 19.1 Å². The van der Waals surface area contributed by atoms with Crippen LogP contribution in [0.4, 0.5) is 5.69 Å². The minimum atomic E-state index is -1.32. The van der Waals surface area contributed by atoms with Crippen molar-refractivity contribution < 1.29 is 24.2 Å². The van der Waals surface area contributed by atoms with E-state index in [1.165, 1.54) is 4.90 Å². The number of rotatable bonds is 5. The van der Waals surface area contributed by atoms with E-state index in [0.717, 1.165) is 16.8 Å². The van der Waals surface area contributed by atoms with Crippen molar-refractivity contribution in [3.63, 3.8) is 0 Å². The molecule has 37 heavy (non-hydrogen) atoms. The molecule has 8 nitrogen and oxygen atoms in total. The van der Waals surface area contributed by atoms with E-state index in [9.17, 15) is 19.5 Å². The van der Waals surface area contributed by atoms with Gasteiger partial charge in [0.15, 0.2) is 0 Å². The summed E-state index contributed by atoms with van der Waals surface area (Å²) in [5.41, 5.74) is 0.422. The highest BCUT2D eigenvalue weighted by Gasteiger charge is 2.75. The topological polar surface area (TPSA) is 90.4 Å². The first kappa shape index (κ1) is 25.7. The van der Waals surface area contributed by atoms with Crippen LogP contribution >= 0.6 is 0 Å². The number of nitrogens with zero attached hydrogens (tertiary/aromatic N) is 3. The minimum absolute atomic E-state index is 0.156. The van der Waals surface area contributed by atoms with Crippen LogP contribution in [-0.4, -0.2) is 82.7 Å². The highest BCUT2D eigenvalue weighted by molar-refractivity contribution is 6.06. The van der Waals surface area contributed by atoms with Crippen molar-refractivity contribution in [3.8, 4) is 0 Å². The molecule has 1 aromatic carbocycles. The summed E-state index contributed by atoms with van der Waals surface area (Å²) in [5, 5.41) is 10.3. The minimum Gasteiger partial charge on any atom is -0.394 e. The zero-order valence-electron chi connectivity index (χ0n) is 22.3. The van der Waals surface area contributed by atoms with Gasteiger partial charge in [-0.05, 0) is 37.8 Å².